The normalized spacial score (nSPS) is 10.6. The maximum Gasteiger partial charge on any atom is 0.275 e. The lowest BCUT2D eigenvalue weighted by molar-refractivity contribution is 0.0948. The fourth-order valence-corrected chi connectivity index (χ4v) is 2.52. The second kappa shape index (κ2) is 7.65. The van der Waals surface area contributed by atoms with Gasteiger partial charge in [0.1, 0.15) is 5.75 Å². The zero-order valence-electron chi connectivity index (χ0n) is 14.3. The van der Waals surface area contributed by atoms with E-state index >= 15 is 0 Å². The van der Waals surface area contributed by atoms with Crippen molar-refractivity contribution in [2.45, 2.75) is 19.9 Å². The van der Waals surface area contributed by atoms with E-state index in [9.17, 15) is 4.79 Å². The number of nitrogens with zero attached hydrogens (tertiary/aromatic N) is 4. The molecule has 1 aromatic carbocycles. The van der Waals surface area contributed by atoms with Crippen LogP contribution in [0.5, 0.6) is 5.75 Å². The summed E-state index contributed by atoms with van der Waals surface area (Å²) in [6.07, 6.45) is 4.62. The van der Waals surface area contributed by atoms with Crippen LogP contribution < -0.4 is 10.1 Å². The summed E-state index contributed by atoms with van der Waals surface area (Å²) in [5, 5.41) is 11.2. The minimum Gasteiger partial charge on any atom is -0.497 e. The van der Waals surface area contributed by atoms with Crippen molar-refractivity contribution in [3.63, 3.8) is 0 Å². The van der Waals surface area contributed by atoms with Crippen molar-refractivity contribution < 1.29 is 9.53 Å². The summed E-state index contributed by atoms with van der Waals surface area (Å²) in [5.74, 6) is 1.23. The number of ether oxygens (including phenoxy) is 1. The molecule has 7 heteroatoms. The molecule has 7 nitrogen and oxygen atoms in total. The van der Waals surface area contributed by atoms with E-state index in [1.807, 2.05) is 60.3 Å². The molecule has 25 heavy (non-hydrogen) atoms. The number of benzene rings is 1. The topological polar surface area (TPSA) is 74.0 Å². The fourth-order valence-electron chi connectivity index (χ4n) is 2.52. The summed E-state index contributed by atoms with van der Waals surface area (Å²) in [4.78, 5) is 12.4. The summed E-state index contributed by atoms with van der Waals surface area (Å²) in [6.45, 7) is 3.12. The SMILES string of the molecule is CCCNC(=O)c1nnn(Cc2ccc(OC)cc2)c1-n1cccc1. The molecule has 0 unspecified atom stereocenters. The van der Waals surface area contributed by atoms with Crippen molar-refractivity contribution in [1.29, 1.82) is 0 Å². The second-order valence-corrected chi connectivity index (χ2v) is 5.61. The van der Waals surface area contributed by atoms with Crippen molar-refractivity contribution in [3.05, 3.63) is 60.0 Å². The molecule has 0 radical (unpaired) electrons. The van der Waals surface area contributed by atoms with Crippen molar-refractivity contribution in [2.75, 3.05) is 13.7 Å². The maximum absolute atomic E-state index is 12.4. The standard InChI is InChI=1S/C18H21N5O2/c1-3-10-19-17(24)16-18(22-11-4-5-12-22)23(21-20-16)13-14-6-8-15(25-2)9-7-14/h4-9,11-12H,3,10,13H2,1-2H3,(H,19,24). The van der Waals surface area contributed by atoms with E-state index < -0.39 is 0 Å². The lowest BCUT2D eigenvalue weighted by Gasteiger charge is -2.10. The number of rotatable bonds is 7. The van der Waals surface area contributed by atoms with Crippen LogP contribution in [0, 0.1) is 0 Å². The van der Waals surface area contributed by atoms with Gasteiger partial charge in [-0.1, -0.05) is 24.3 Å². The lowest BCUT2D eigenvalue weighted by Crippen LogP contribution is -2.26. The monoisotopic (exact) mass is 339 g/mol. The third kappa shape index (κ3) is 3.71. The summed E-state index contributed by atoms with van der Waals surface area (Å²) >= 11 is 0. The van der Waals surface area contributed by atoms with Gasteiger partial charge in [-0.3, -0.25) is 4.79 Å². The van der Waals surface area contributed by atoms with Crippen LogP contribution in [-0.4, -0.2) is 39.1 Å². The second-order valence-electron chi connectivity index (χ2n) is 5.61. The Bertz CT molecular complexity index is 822. The molecule has 0 aliphatic heterocycles. The first kappa shape index (κ1) is 16.8. The molecule has 0 aliphatic carbocycles. The molecule has 0 saturated carbocycles. The zero-order valence-corrected chi connectivity index (χ0v) is 14.3. The lowest BCUT2D eigenvalue weighted by atomic mass is 10.2. The number of hydrogen-bond donors (Lipinski definition) is 1. The molecule has 130 valence electrons. The zero-order chi connectivity index (χ0) is 17.6. The minimum absolute atomic E-state index is 0.216. The molecule has 2 heterocycles. The number of methoxy groups -OCH3 is 1. The van der Waals surface area contributed by atoms with E-state index in [-0.39, 0.29) is 5.91 Å². The average Bonchev–Trinajstić information content (AvgIpc) is 3.29. The molecular weight excluding hydrogens is 318 g/mol. The predicted molar refractivity (Wildman–Crippen MR) is 94.1 cm³/mol. The highest BCUT2D eigenvalue weighted by atomic mass is 16.5. The van der Waals surface area contributed by atoms with Crippen molar-refractivity contribution in [1.82, 2.24) is 24.9 Å². The number of carbonyl (C=O) groups is 1. The number of nitrogens with one attached hydrogen (secondary N) is 1. The minimum atomic E-state index is -0.216. The van der Waals surface area contributed by atoms with E-state index in [0.717, 1.165) is 17.7 Å². The van der Waals surface area contributed by atoms with Gasteiger partial charge in [0, 0.05) is 18.9 Å². The van der Waals surface area contributed by atoms with Crippen LogP contribution in [0.1, 0.15) is 29.4 Å². The number of hydrogen-bond acceptors (Lipinski definition) is 4. The molecule has 1 N–H and O–H groups in total. The van der Waals surface area contributed by atoms with Gasteiger partial charge in [0.05, 0.1) is 13.7 Å². The quantitative estimate of drug-likeness (QED) is 0.716. The van der Waals surface area contributed by atoms with Crippen molar-refractivity contribution >= 4 is 5.91 Å². The Morgan fingerprint density at radius 3 is 2.56 bits per heavy atom. The van der Waals surface area contributed by atoms with Gasteiger partial charge < -0.3 is 14.6 Å². The van der Waals surface area contributed by atoms with Gasteiger partial charge in [0.25, 0.3) is 5.91 Å². The Morgan fingerprint density at radius 1 is 1.20 bits per heavy atom. The van der Waals surface area contributed by atoms with Crippen molar-refractivity contribution in [2.24, 2.45) is 0 Å². The molecule has 0 saturated heterocycles. The molecule has 0 fully saturated rings. The Hall–Kier alpha value is -3.09. The van der Waals surface area contributed by atoms with Crippen LogP contribution in [0.3, 0.4) is 0 Å². The van der Waals surface area contributed by atoms with Crippen molar-refractivity contribution in [3.8, 4) is 11.6 Å². The third-order valence-electron chi connectivity index (χ3n) is 3.80. The van der Waals surface area contributed by atoms with Crippen LogP contribution in [0.2, 0.25) is 0 Å². The van der Waals surface area contributed by atoms with Crippen LogP contribution in [0.25, 0.3) is 5.82 Å². The van der Waals surface area contributed by atoms with Gasteiger partial charge in [-0.25, -0.2) is 4.68 Å². The molecular formula is C18H21N5O2. The van der Waals surface area contributed by atoms with Gasteiger partial charge in [-0.05, 0) is 36.2 Å². The van der Waals surface area contributed by atoms with Crippen LogP contribution in [-0.2, 0) is 6.54 Å². The summed E-state index contributed by atoms with van der Waals surface area (Å²) in [5.41, 5.74) is 1.36. The number of aromatic nitrogens is 4. The van der Waals surface area contributed by atoms with Crippen LogP contribution in [0.4, 0.5) is 0 Å². The van der Waals surface area contributed by atoms with Gasteiger partial charge in [0.15, 0.2) is 11.5 Å². The molecule has 0 spiro atoms. The Balaban J connectivity index is 1.93. The smallest absolute Gasteiger partial charge is 0.275 e. The van der Waals surface area contributed by atoms with Crippen LogP contribution >= 0.6 is 0 Å². The first-order chi connectivity index (χ1) is 12.2. The largest absolute Gasteiger partial charge is 0.497 e. The Morgan fingerprint density at radius 2 is 1.92 bits per heavy atom. The van der Waals surface area contributed by atoms with E-state index in [1.165, 1.54) is 0 Å². The molecule has 0 bridgehead atoms. The van der Waals surface area contributed by atoms with E-state index in [2.05, 4.69) is 15.6 Å². The highest BCUT2D eigenvalue weighted by Gasteiger charge is 2.20. The first-order valence-corrected chi connectivity index (χ1v) is 8.21. The Kier molecular flexibility index (Phi) is 5.13. The van der Waals surface area contributed by atoms with E-state index in [1.54, 1.807) is 11.8 Å². The fraction of sp³-hybridized carbons (Fsp3) is 0.278. The molecule has 0 atom stereocenters. The average molecular weight is 339 g/mol. The molecule has 0 aliphatic rings. The summed E-state index contributed by atoms with van der Waals surface area (Å²) in [6, 6.07) is 11.5. The number of carbonyl (C=O) groups excluding carboxylic acids is 1. The molecule has 3 rings (SSSR count). The molecule has 3 aromatic rings. The van der Waals surface area contributed by atoms with E-state index in [0.29, 0.717) is 24.6 Å². The summed E-state index contributed by atoms with van der Waals surface area (Å²) < 4.78 is 8.76. The predicted octanol–water partition coefficient (Wildman–Crippen LogP) is 2.27. The highest BCUT2D eigenvalue weighted by Crippen LogP contribution is 2.17. The summed E-state index contributed by atoms with van der Waals surface area (Å²) in [7, 11) is 1.64. The van der Waals surface area contributed by atoms with Gasteiger partial charge >= 0.3 is 0 Å². The van der Waals surface area contributed by atoms with Gasteiger partial charge in [-0.15, -0.1) is 5.10 Å². The third-order valence-corrected chi connectivity index (χ3v) is 3.80. The molecule has 2 aromatic heterocycles. The number of amides is 1. The first-order valence-electron chi connectivity index (χ1n) is 8.21. The Labute approximate surface area is 146 Å². The maximum atomic E-state index is 12.4. The van der Waals surface area contributed by atoms with E-state index in [4.69, 9.17) is 4.74 Å². The molecule has 1 amide bonds. The highest BCUT2D eigenvalue weighted by molar-refractivity contribution is 5.95. The van der Waals surface area contributed by atoms with Crippen LogP contribution in [0.15, 0.2) is 48.8 Å². The van der Waals surface area contributed by atoms with Gasteiger partial charge in [0.2, 0.25) is 0 Å². The van der Waals surface area contributed by atoms with Gasteiger partial charge in [-0.2, -0.15) is 0 Å².